The maximum absolute atomic E-state index is 12.9. The van der Waals surface area contributed by atoms with Crippen LogP contribution < -0.4 is 5.32 Å². The quantitative estimate of drug-likeness (QED) is 0.679. The minimum Gasteiger partial charge on any atom is -0.345 e. The molecule has 1 aromatic rings. The second-order valence-electron chi connectivity index (χ2n) is 5.72. The summed E-state index contributed by atoms with van der Waals surface area (Å²) >= 11 is 0. The number of rotatable bonds is 3. The minimum absolute atomic E-state index is 0.173. The Labute approximate surface area is 133 Å². The SMILES string of the molecule is CCN1C(=O)[C@H]2[C@@H](NC(=O)c3ccc(F)cc3)C=CC[C@H]2C1=O. The molecule has 5 nitrogen and oxygen atoms in total. The molecule has 3 atom stereocenters. The molecular weight excluding hydrogens is 299 g/mol. The van der Waals surface area contributed by atoms with Crippen molar-refractivity contribution in [1.29, 1.82) is 0 Å². The monoisotopic (exact) mass is 316 g/mol. The topological polar surface area (TPSA) is 66.5 Å². The number of likely N-dealkylation sites (tertiary alicyclic amines) is 1. The molecule has 6 heteroatoms. The summed E-state index contributed by atoms with van der Waals surface area (Å²) in [5, 5.41) is 2.77. The smallest absolute Gasteiger partial charge is 0.251 e. The van der Waals surface area contributed by atoms with Crippen molar-refractivity contribution in [2.45, 2.75) is 19.4 Å². The second-order valence-corrected chi connectivity index (χ2v) is 5.72. The standard InChI is InChI=1S/C17H17FN2O3/c1-2-20-16(22)12-4-3-5-13(14(12)17(20)23)19-15(21)10-6-8-11(18)9-7-10/h3,5-9,12-14H,2,4H2,1H3,(H,19,21)/t12-,13+,14-/m1/s1. The van der Waals surface area contributed by atoms with Crippen molar-refractivity contribution in [2.75, 3.05) is 6.54 Å². The highest BCUT2D eigenvalue weighted by atomic mass is 19.1. The molecule has 3 amide bonds. The van der Waals surface area contributed by atoms with E-state index in [1.54, 1.807) is 13.0 Å². The third-order valence-electron chi connectivity index (χ3n) is 4.41. The molecule has 1 fully saturated rings. The average Bonchev–Trinajstić information content (AvgIpc) is 2.79. The molecule has 1 aliphatic heterocycles. The van der Waals surface area contributed by atoms with Gasteiger partial charge in [0.1, 0.15) is 5.82 Å². The number of carbonyl (C=O) groups is 3. The number of hydrogen-bond donors (Lipinski definition) is 1. The minimum atomic E-state index is -0.558. The molecule has 1 saturated heterocycles. The summed E-state index contributed by atoms with van der Waals surface area (Å²) in [5.74, 6) is -2.20. The fraction of sp³-hybridized carbons (Fsp3) is 0.353. The van der Waals surface area contributed by atoms with Crippen LogP contribution >= 0.6 is 0 Å². The predicted molar refractivity (Wildman–Crippen MR) is 80.8 cm³/mol. The van der Waals surface area contributed by atoms with Crippen molar-refractivity contribution in [3.8, 4) is 0 Å². The third kappa shape index (κ3) is 2.65. The highest BCUT2D eigenvalue weighted by Crippen LogP contribution is 2.35. The van der Waals surface area contributed by atoms with Crippen LogP contribution in [0.2, 0.25) is 0 Å². The molecule has 3 rings (SSSR count). The summed E-state index contributed by atoms with van der Waals surface area (Å²) < 4.78 is 12.9. The zero-order valence-corrected chi connectivity index (χ0v) is 12.7. The first kappa shape index (κ1) is 15.4. The van der Waals surface area contributed by atoms with E-state index in [1.807, 2.05) is 6.08 Å². The second kappa shape index (κ2) is 5.95. The van der Waals surface area contributed by atoms with Crippen molar-refractivity contribution in [3.05, 3.63) is 47.8 Å². The van der Waals surface area contributed by atoms with Crippen LogP contribution in [0.5, 0.6) is 0 Å². The van der Waals surface area contributed by atoms with Gasteiger partial charge in [-0.05, 0) is 37.6 Å². The zero-order valence-electron chi connectivity index (χ0n) is 12.7. The third-order valence-corrected chi connectivity index (χ3v) is 4.41. The van der Waals surface area contributed by atoms with Crippen LogP contribution in [0, 0.1) is 17.7 Å². The summed E-state index contributed by atoms with van der Waals surface area (Å²) in [6.45, 7) is 2.09. The lowest BCUT2D eigenvalue weighted by Crippen LogP contribution is -2.45. The largest absolute Gasteiger partial charge is 0.345 e. The molecule has 0 unspecified atom stereocenters. The van der Waals surface area contributed by atoms with Crippen LogP contribution in [0.1, 0.15) is 23.7 Å². The fourth-order valence-electron chi connectivity index (χ4n) is 3.24. The van der Waals surface area contributed by atoms with Gasteiger partial charge in [0.05, 0.1) is 17.9 Å². The van der Waals surface area contributed by atoms with Gasteiger partial charge >= 0.3 is 0 Å². The molecule has 2 aliphatic rings. The van der Waals surface area contributed by atoms with E-state index in [9.17, 15) is 18.8 Å². The van der Waals surface area contributed by atoms with Crippen LogP contribution in [0.3, 0.4) is 0 Å². The summed E-state index contributed by atoms with van der Waals surface area (Å²) in [6.07, 6.45) is 4.09. The Morgan fingerprint density at radius 1 is 1.26 bits per heavy atom. The van der Waals surface area contributed by atoms with Crippen molar-refractivity contribution in [1.82, 2.24) is 10.2 Å². The van der Waals surface area contributed by atoms with Crippen molar-refractivity contribution in [2.24, 2.45) is 11.8 Å². The van der Waals surface area contributed by atoms with Crippen LogP contribution in [-0.2, 0) is 9.59 Å². The van der Waals surface area contributed by atoms with Crippen molar-refractivity contribution < 1.29 is 18.8 Å². The molecule has 0 radical (unpaired) electrons. The Bertz CT molecular complexity index is 684. The summed E-state index contributed by atoms with van der Waals surface area (Å²) in [4.78, 5) is 38.2. The molecule has 0 saturated carbocycles. The Morgan fingerprint density at radius 2 is 1.96 bits per heavy atom. The first-order valence-corrected chi connectivity index (χ1v) is 7.61. The molecule has 0 bridgehead atoms. The average molecular weight is 316 g/mol. The van der Waals surface area contributed by atoms with Gasteiger partial charge in [-0.3, -0.25) is 19.3 Å². The number of fused-ring (bicyclic) bond motifs is 1. The molecule has 0 spiro atoms. The molecule has 1 N–H and O–H groups in total. The maximum Gasteiger partial charge on any atom is 0.251 e. The summed E-state index contributed by atoms with van der Waals surface area (Å²) in [7, 11) is 0. The van der Waals surface area contributed by atoms with Gasteiger partial charge in [0.2, 0.25) is 11.8 Å². The molecule has 1 aliphatic carbocycles. The van der Waals surface area contributed by atoms with Gasteiger partial charge < -0.3 is 5.32 Å². The molecule has 23 heavy (non-hydrogen) atoms. The molecule has 1 aromatic carbocycles. The molecule has 1 heterocycles. The normalized spacial score (nSPS) is 26.3. The van der Waals surface area contributed by atoms with Gasteiger partial charge in [0.25, 0.3) is 5.91 Å². The first-order chi connectivity index (χ1) is 11.0. The summed E-state index contributed by atoms with van der Waals surface area (Å²) in [6, 6.07) is 4.65. The van der Waals surface area contributed by atoms with Crippen LogP contribution in [0.4, 0.5) is 4.39 Å². The number of hydrogen-bond acceptors (Lipinski definition) is 3. The van der Waals surface area contributed by atoms with Crippen molar-refractivity contribution >= 4 is 17.7 Å². The Kier molecular flexibility index (Phi) is 3.98. The van der Waals surface area contributed by atoms with E-state index in [1.165, 1.54) is 29.2 Å². The number of nitrogens with one attached hydrogen (secondary N) is 1. The van der Waals surface area contributed by atoms with Gasteiger partial charge in [-0.15, -0.1) is 0 Å². The van der Waals surface area contributed by atoms with E-state index in [0.29, 0.717) is 18.5 Å². The van der Waals surface area contributed by atoms with E-state index in [2.05, 4.69) is 5.32 Å². The molecular formula is C17H17FN2O3. The Balaban J connectivity index is 1.80. The fourth-order valence-corrected chi connectivity index (χ4v) is 3.24. The van der Waals surface area contributed by atoms with Gasteiger partial charge in [0, 0.05) is 12.1 Å². The highest BCUT2D eigenvalue weighted by molar-refractivity contribution is 6.06. The van der Waals surface area contributed by atoms with Crippen LogP contribution in [-0.4, -0.2) is 35.2 Å². The highest BCUT2D eigenvalue weighted by Gasteiger charge is 2.50. The number of carbonyl (C=O) groups excluding carboxylic acids is 3. The Morgan fingerprint density at radius 3 is 2.61 bits per heavy atom. The lowest BCUT2D eigenvalue weighted by molar-refractivity contribution is -0.139. The lowest BCUT2D eigenvalue weighted by atomic mass is 9.81. The number of halogens is 1. The lowest BCUT2D eigenvalue weighted by Gasteiger charge is -2.27. The number of nitrogens with zero attached hydrogens (tertiary/aromatic N) is 1. The molecule has 0 aromatic heterocycles. The maximum atomic E-state index is 12.9. The number of allylic oxidation sites excluding steroid dienone is 1. The van der Waals surface area contributed by atoms with E-state index in [0.717, 1.165) is 0 Å². The Hall–Kier alpha value is -2.50. The van der Waals surface area contributed by atoms with Crippen LogP contribution in [0.15, 0.2) is 36.4 Å². The first-order valence-electron chi connectivity index (χ1n) is 7.61. The van der Waals surface area contributed by atoms with E-state index in [4.69, 9.17) is 0 Å². The van der Waals surface area contributed by atoms with Gasteiger partial charge in [-0.1, -0.05) is 12.2 Å². The van der Waals surface area contributed by atoms with Gasteiger partial charge in [0.15, 0.2) is 0 Å². The number of benzene rings is 1. The number of imide groups is 1. The molecule has 120 valence electrons. The number of amides is 3. The van der Waals surface area contributed by atoms with Gasteiger partial charge in [-0.2, -0.15) is 0 Å². The summed E-state index contributed by atoms with van der Waals surface area (Å²) in [5.41, 5.74) is 0.311. The zero-order chi connectivity index (χ0) is 16.6. The van der Waals surface area contributed by atoms with E-state index < -0.39 is 29.6 Å². The van der Waals surface area contributed by atoms with Crippen molar-refractivity contribution in [3.63, 3.8) is 0 Å². The predicted octanol–water partition coefficient (Wildman–Crippen LogP) is 1.51. The van der Waals surface area contributed by atoms with E-state index >= 15 is 0 Å². The van der Waals surface area contributed by atoms with Crippen LogP contribution in [0.25, 0.3) is 0 Å². The van der Waals surface area contributed by atoms with E-state index in [-0.39, 0.29) is 11.8 Å². The van der Waals surface area contributed by atoms with Gasteiger partial charge in [-0.25, -0.2) is 4.39 Å².